The van der Waals surface area contributed by atoms with Gasteiger partial charge in [-0.25, -0.2) is 0 Å². The molecule has 3 nitrogen and oxygen atoms in total. The lowest BCUT2D eigenvalue weighted by atomic mass is 9.83. The van der Waals surface area contributed by atoms with Gasteiger partial charge < -0.3 is 16.5 Å². The fourth-order valence-electron chi connectivity index (χ4n) is 3.36. The zero-order valence-corrected chi connectivity index (χ0v) is 12.6. The molecule has 0 spiro atoms. The minimum absolute atomic E-state index is 0. The number of fused-ring (bicyclic) bond motifs is 2. The molecular weight excluding hydrogens is 283 g/mol. The van der Waals surface area contributed by atoms with E-state index in [9.17, 15) is 0 Å². The zero-order chi connectivity index (χ0) is 11.0. The van der Waals surface area contributed by atoms with Crippen molar-refractivity contribution in [2.75, 3.05) is 0 Å². The largest absolute Gasteiger partial charge is 0.412 e. The van der Waals surface area contributed by atoms with Crippen LogP contribution in [0.4, 0.5) is 0 Å². The van der Waals surface area contributed by atoms with E-state index in [1.165, 1.54) is 18.4 Å². The summed E-state index contributed by atoms with van der Waals surface area (Å²) in [6.07, 6.45) is 4.93. The predicted octanol–water partition coefficient (Wildman–Crippen LogP) is 1.72. The maximum absolute atomic E-state index is 6.31. The van der Waals surface area contributed by atoms with Crippen LogP contribution in [-0.2, 0) is 6.42 Å². The van der Waals surface area contributed by atoms with Crippen LogP contribution in [0.15, 0.2) is 30.3 Å². The summed E-state index contributed by atoms with van der Waals surface area (Å²) >= 11 is 0. The van der Waals surface area contributed by atoms with Gasteiger partial charge in [0, 0.05) is 18.1 Å². The molecule has 5 N–H and O–H groups in total. The van der Waals surface area contributed by atoms with Crippen molar-refractivity contribution in [3.63, 3.8) is 0 Å². The highest BCUT2D eigenvalue weighted by Gasteiger charge is 2.39. The van der Waals surface area contributed by atoms with E-state index in [0.29, 0.717) is 24.0 Å². The van der Waals surface area contributed by atoms with Gasteiger partial charge in [0.1, 0.15) is 0 Å². The SMILES string of the molecule is Cl.Cl.NC1CC2CCC(N2)C1Cc1ccccc1.O. The molecule has 2 aliphatic rings. The minimum atomic E-state index is 0. The van der Waals surface area contributed by atoms with Crippen molar-refractivity contribution in [3.8, 4) is 0 Å². The molecule has 0 aliphatic carbocycles. The highest BCUT2D eigenvalue weighted by atomic mass is 35.5. The van der Waals surface area contributed by atoms with Crippen molar-refractivity contribution in [1.82, 2.24) is 5.32 Å². The summed E-state index contributed by atoms with van der Waals surface area (Å²) < 4.78 is 0. The third-order valence-electron chi connectivity index (χ3n) is 4.21. The minimum Gasteiger partial charge on any atom is -0.412 e. The van der Waals surface area contributed by atoms with Crippen molar-refractivity contribution in [1.29, 1.82) is 0 Å². The Morgan fingerprint density at radius 1 is 1.11 bits per heavy atom. The molecule has 2 bridgehead atoms. The van der Waals surface area contributed by atoms with Gasteiger partial charge in [0.2, 0.25) is 0 Å². The lowest BCUT2D eigenvalue weighted by Crippen LogP contribution is -2.52. The molecule has 4 atom stereocenters. The molecule has 2 heterocycles. The molecule has 1 aromatic carbocycles. The summed E-state index contributed by atoms with van der Waals surface area (Å²) in [6, 6.07) is 12.5. The first-order valence-electron chi connectivity index (χ1n) is 6.38. The monoisotopic (exact) mass is 306 g/mol. The quantitative estimate of drug-likeness (QED) is 0.873. The van der Waals surface area contributed by atoms with Gasteiger partial charge in [0.05, 0.1) is 0 Å². The van der Waals surface area contributed by atoms with Crippen LogP contribution in [-0.4, -0.2) is 23.6 Å². The Morgan fingerprint density at radius 3 is 2.47 bits per heavy atom. The van der Waals surface area contributed by atoms with E-state index in [1.54, 1.807) is 0 Å². The lowest BCUT2D eigenvalue weighted by molar-refractivity contribution is 0.250. The highest BCUT2D eigenvalue weighted by molar-refractivity contribution is 5.85. The van der Waals surface area contributed by atoms with Crippen LogP contribution in [0.3, 0.4) is 0 Å². The molecule has 2 aliphatic heterocycles. The van der Waals surface area contributed by atoms with E-state index in [2.05, 4.69) is 35.6 Å². The Morgan fingerprint density at radius 2 is 1.79 bits per heavy atom. The normalized spacial score (nSPS) is 31.6. The van der Waals surface area contributed by atoms with Gasteiger partial charge >= 0.3 is 0 Å². The van der Waals surface area contributed by atoms with Crippen LogP contribution in [0.2, 0.25) is 0 Å². The van der Waals surface area contributed by atoms with Crippen molar-refractivity contribution in [3.05, 3.63) is 35.9 Å². The number of nitrogens with one attached hydrogen (secondary N) is 1. The molecule has 2 fully saturated rings. The van der Waals surface area contributed by atoms with E-state index >= 15 is 0 Å². The van der Waals surface area contributed by atoms with Gasteiger partial charge in [-0.2, -0.15) is 0 Å². The first kappa shape index (κ1) is 18.7. The number of piperidine rings is 1. The molecule has 0 aromatic heterocycles. The van der Waals surface area contributed by atoms with Gasteiger partial charge in [0.25, 0.3) is 0 Å². The van der Waals surface area contributed by atoms with E-state index in [1.807, 2.05) is 0 Å². The number of rotatable bonds is 2. The lowest BCUT2D eigenvalue weighted by Gasteiger charge is -2.35. The first-order valence-corrected chi connectivity index (χ1v) is 6.38. The van der Waals surface area contributed by atoms with Gasteiger partial charge in [-0.05, 0) is 37.2 Å². The predicted molar refractivity (Wildman–Crippen MR) is 84.3 cm³/mol. The van der Waals surface area contributed by atoms with Gasteiger partial charge in [-0.1, -0.05) is 30.3 Å². The topological polar surface area (TPSA) is 69.5 Å². The van der Waals surface area contributed by atoms with Crippen LogP contribution in [0.25, 0.3) is 0 Å². The standard InChI is InChI=1S/C14H20N2.2ClH.H2O/c15-13-9-11-6-7-14(16-11)12(13)8-10-4-2-1-3-5-10;;;/h1-5,11-14,16H,6-9,15H2;2*1H;1H2. The molecule has 0 radical (unpaired) electrons. The van der Waals surface area contributed by atoms with Crippen LogP contribution in [0.5, 0.6) is 0 Å². The number of benzene rings is 1. The average Bonchev–Trinajstić information content (AvgIpc) is 2.70. The van der Waals surface area contributed by atoms with E-state index in [4.69, 9.17) is 5.73 Å². The highest BCUT2D eigenvalue weighted by Crippen LogP contribution is 2.32. The Kier molecular flexibility index (Phi) is 7.94. The summed E-state index contributed by atoms with van der Waals surface area (Å²) in [5, 5.41) is 3.71. The number of hydrogen-bond acceptors (Lipinski definition) is 2. The van der Waals surface area contributed by atoms with Crippen LogP contribution in [0.1, 0.15) is 24.8 Å². The van der Waals surface area contributed by atoms with Crippen molar-refractivity contribution >= 4 is 24.8 Å². The van der Waals surface area contributed by atoms with E-state index in [-0.39, 0.29) is 30.3 Å². The van der Waals surface area contributed by atoms with Crippen LogP contribution in [0, 0.1) is 5.92 Å². The second-order valence-corrected chi connectivity index (χ2v) is 5.30. The van der Waals surface area contributed by atoms with Crippen molar-refractivity contribution in [2.24, 2.45) is 11.7 Å². The Hall–Kier alpha value is -0.320. The molecule has 2 saturated heterocycles. The summed E-state index contributed by atoms with van der Waals surface area (Å²) in [5.74, 6) is 0.626. The molecule has 110 valence electrons. The Bertz CT molecular complexity index is 364. The Labute approximate surface area is 127 Å². The molecule has 4 unspecified atom stereocenters. The smallest absolute Gasteiger partial charge is 0.0116 e. The van der Waals surface area contributed by atoms with E-state index < -0.39 is 0 Å². The third-order valence-corrected chi connectivity index (χ3v) is 4.21. The number of hydrogen-bond donors (Lipinski definition) is 2. The molecule has 3 rings (SSSR count). The molecule has 19 heavy (non-hydrogen) atoms. The zero-order valence-electron chi connectivity index (χ0n) is 10.9. The summed E-state index contributed by atoms with van der Waals surface area (Å²) in [4.78, 5) is 0. The maximum atomic E-state index is 6.31. The molecular formula is C14H24Cl2N2O. The maximum Gasteiger partial charge on any atom is 0.0116 e. The number of nitrogens with two attached hydrogens (primary N) is 1. The fraction of sp³-hybridized carbons (Fsp3) is 0.571. The molecule has 0 saturated carbocycles. The first-order chi connectivity index (χ1) is 7.83. The average molecular weight is 307 g/mol. The number of halogens is 2. The second-order valence-electron chi connectivity index (χ2n) is 5.30. The second kappa shape index (κ2) is 8.08. The van der Waals surface area contributed by atoms with Crippen LogP contribution >= 0.6 is 24.8 Å². The summed E-state index contributed by atoms with van der Waals surface area (Å²) in [5.41, 5.74) is 7.73. The molecule has 0 amide bonds. The van der Waals surface area contributed by atoms with Gasteiger partial charge in [0.15, 0.2) is 0 Å². The molecule has 5 heteroatoms. The Balaban J connectivity index is 0.00000108. The fourth-order valence-corrected chi connectivity index (χ4v) is 3.36. The third kappa shape index (κ3) is 4.07. The summed E-state index contributed by atoms with van der Waals surface area (Å²) in [7, 11) is 0. The van der Waals surface area contributed by atoms with Crippen molar-refractivity contribution in [2.45, 2.75) is 43.8 Å². The summed E-state index contributed by atoms with van der Waals surface area (Å²) in [6.45, 7) is 0. The van der Waals surface area contributed by atoms with Crippen molar-refractivity contribution < 1.29 is 5.48 Å². The van der Waals surface area contributed by atoms with Crippen LogP contribution < -0.4 is 11.1 Å². The molecule has 1 aromatic rings. The van der Waals surface area contributed by atoms with E-state index in [0.717, 1.165) is 12.8 Å². The van der Waals surface area contributed by atoms with Gasteiger partial charge in [-0.3, -0.25) is 0 Å². The van der Waals surface area contributed by atoms with Gasteiger partial charge in [-0.15, -0.1) is 24.8 Å².